The van der Waals surface area contributed by atoms with Gasteiger partial charge in [0, 0.05) is 20.6 Å². The Hall–Kier alpha value is -1.83. The second-order valence-corrected chi connectivity index (χ2v) is 7.39. The van der Waals surface area contributed by atoms with Gasteiger partial charge in [-0.2, -0.15) is 13.2 Å². The Balaban J connectivity index is 3.09. The monoisotopic (exact) mass is 381 g/mol. The summed E-state index contributed by atoms with van der Waals surface area (Å²) in [6.07, 6.45) is -6.66. The van der Waals surface area contributed by atoms with Crippen LogP contribution in [0.4, 0.5) is 18.0 Å². The number of nitrogens with one attached hydrogen (secondary N) is 1. The Morgan fingerprint density at radius 1 is 1.24 bits per heavy atom. The molecule has 0 spiro atoms. The number of benzene rings is 1. The molecule has 1 amide bonds. The summed E-state index contributed by atoms with van der Waals surface area (Å²) in [5.41, 5.74) is 0.570. The number of hydrogen-bond donors (Lipinski definition) is 1. The van der Waals surface area contributed by atoms with E-state index in [4.69, 9.17) is 4.74 Å². The van der Waals surface area contributed by atoms with Gasteiger partial charge in [-0.1, -0.05) is 36.4 Å². The van der Waals surface area contributed by atoms with E-state index >= 15 is 0 Å². The average molecular weight is 381 g/mol. The van der Waals surface area contributed by atoms with Crippen LogP contribution < -0.4 is 5.32 Å². The molecule has 1 rings (SSSR count). The van der Waals surface area contributed by atoms with E-state index in [1.807, 2.05) is 0 Å². The van der Waals surface area contributed by atoms with Gasteiger partial charge in [-0.05, 0) is 5.56 Å². The van der Waals surface area contributed by atoms with Gasteiger partial charge < -0.3 is 13.8 Å². The van der Waals surface area contributed by atoms with Gasteiger partial charge in [-0.15, -0.1) is 6.58 Å². The van der Waals surface area contributed by atoms with Crippen molar-refractivity contribution in [2.75, 3.05) is 14.2 Å². The summed E-state index contributed by atoms with van der Waals surface area (Å²) >= 11 is 0. The Morgan fingerprint density at radius 3 is 2.24 bits per heavy atom. The van der Waals surface area contributed by atoms with E-state index in [0.717, 1.165) is 20.3 Å². The molecular formula is C15H19F3NO5P. The summed E-state index contributed by atoms with van der Waals surface area (Å²) in [4.78, 5) is 11.9. The summed E-state index contributed by atoms with van der Waals surface area (Å²) in [6.45, 7) is 2.95. The number of amides is 1. The van der Waals surface area contributed by atoms with Crippen molar-refractivity contribution in [3.63, 3.8) is 0 Å². The third-order valence-electron chi connectivity index (χ3n) is 3.38. The van der Waals surface area contributed by atoms with Crippen molar-refractivity contribution >= 4 is 13.7 Å². The Morgan fingerprint density at radius 2 is 1.80 bits per heavy atom. The lowest BCUT2D eigenvalue weighted by Crippen LogP contribution is -2.58. The number of halogens is 3. The Labute approximate surface area is 143 Å². The Kier molecular flexibility index (Phi) is 7.22. The molecule has 0 radical (unpaired) electrons. The molecule has 0 saturated heterocycles. The average Bonchev–Trinajstić information content (AvgIpc) is 2.58. The second kappa shape index (κ2) is 8.51. The standard InChI is InChI=1S/C15H19F3NO5P/c1-4-10-14(15(16,17)18,25(21,22-2)23-3)19-13(20)24-11-12-8-6-5-7-9-12/h4-9H,1,10-11H2,2-3H3,(H,19,20). The van der Waals surface area contributed by atoms with Crippen molar-refractivity contribution in [1.82, 2.24) is 5.32 Å². The molecule has 1 N–H and O–H groups in total. The molecule has 0 aliphatic heterocycles. The molecule has 0 aliphatic rings. The third-order valence-corrected chi connectivity index (χ3v) is 5.82. The quantitative estimate of drug-likeness (QED) is 0.539. The van der Waals surface area contributed by atoms with E-state index in [0.29, 0.717) is 5.56 Å². The lowest BCUT2D eigenvalue weighted by molar-refractivity contribution is -0.173. The van der Waals surface area contributed by atoms with Crippen LogP contribution >= 0.6 is 7.60 Å². The van der Waals surface area contributed by atoms with Crippen LogP contribution in [0, 0.1) is 0 Å². The fourth-order valence-corrected chi connectivity index (χ4v) is 3.76. The van der Waals surface area contributed by atoms with Crippen LogP contribution in [0.1, 0.15) is 12.0 Å². The summed E-state index contributed by atoms with van der Waals surface area (Å²) in [5, 5.41) is -1.71. The molecule has 1 aromatic carbocycles. The van der Waals surface area contributed by atoms with E-state index in [1.165, 1.54) is 0 Å². The van der Waals surface area contributed by atoms with Crippen LogP contribution in [0.3, 0.4) is 0 Å². The SMILES string of the molecule is C=CCC(NC(=O)OCc1ccccc1)(C(F)(F)F)P(=O)(OC)OC. The molecule has 10 heteroatoms. The van der Waals surface area contributed by atoms with Crippen LogP contribution in [-0.2, 0) is 25.0 Å². The van der Waals surface area contributed by atoms with Crippen molar-refractivity contribution in [2.45, 2.75) is 24.5 Å². The fraction of sp³-hybridized carbons (Fsp3) is 0.400. The van der Waals surface area contributed by atoms with Gasteiger partial charge in [0.05, 0.1) is 0 Å². The minimum atomic E-state index is -5.16. The van der Waals surface area contributed by atoms with Crippen molar-refractivity contribution in [1.29, 1.82) is 0 Å². The predicted molar refractivity (Wildman–Crippen MR) is 85.0 cm³/mol. The van der Waals surface area contributed by atoms with Gasteiger partial charge in [-0.25, -0.2) is 4.79 Å². The first-order valence-electron chi connectivity index (χ1n) is 7.04. The zero-order chi connectivity index (χ0) is 19.1. The molecule has 0 aliphatic carbocycles. The number of ether oxygens (including phenoxy) is 1. The number of carbonyl (C=O) groups excluding carboxylic acids is 1. The summed E-state index contributed by atoms with van der Waals surface area (Å²) in [6, 6.07) is 8.35. The molecule has 25 heavy (non-hydrogen) atoms. The van der Waals surface area contributed by atoms with Crippen molar-refractivity contribution in [2.24, 2.45) is 0 Å². The molecule has 140 valence electrons. The van der Waals surface area contributed by atoms with Crippen LogP contribution in [0.15, 0.2) is 43.0 Å². The molecule has 6 nitrogen and oxygen atoms in total. The molecule has 1 unspecified atom stereocenters. The zero-order valence-corrected chi connectivity index (χ0v) is 14.6. The summed E-state index contributed by atoms with van der Waals surface area (Å²) in [5.74, 6) is 0. The molecule has 0 heterocycles. The molecular weight excluding hydrogens is 362 g/mol. The number of alkyl halides is 3. The fourth-order valence-electron chi connectivity index (χ4n) is 2.10. The van der Waals surface area contributed by atoms with Gasteiger partial charge in [0.25, 0.3) is 0 Å². The first kappa shape index (κ1) is 21.2. The Bertz CT molecular complexity index is 630. The smallest absolute Gasteiger partial charge is 0.423 e. The van der Waals surface area contributed by atoms with E-state index in [-0.39, 0.29) is 6.61 Å². The zero-order valence-electron chi connectivity index (χ0n) is 13.7. The largest absolute Gasteiger partial charge is 0.445 e. The van der Waals surface area contributed by atoms with Crippen molar-refractivity contribution < 1.29 is 36.3 Å². The molecule has 0 fully saturated rings. The summed E-state index contributed by atoms with van der Waals surface area (Å²) in [7, 11) is -3.23. The number of rotatable bonds is 8. The highest BCUT2D eigenvalue weighted by atomic mass is 31.2. The lowest BCUT2D eigenvalue weighted by atomic mass is 10.2. The van der Waals surface area contributed by atoms with Crippen LogP contribution in [-0.4, -0.2) is 31.8 Å². The minimum Gasteiger partial charge on any atom is -0.445 e. The number of hydrogen-bond acceptors (Lipinski definition) is 5. The maximum atomic E-state index is 13.7. The first-order chi connectivity index (χ1) is 11.7. The second-order valence-electron chi connectivity index (χ2n) is 4.90. The maximum absolute atomic E-state index is 13.7. The van der Waals surface area contributed by atoms with E-state index in [2.05, 4.69) is 15.6 Å². The molecule has 0 aromatic heterocycles. The van der Waals surface area contributed by atoms with Gasteiger partial charge in [0.1, 0.15) is 6.61 Å². The molecule has 0 bridgehead atoms. The summed E-state index contributed by atoms with van der Waals surface area (Å²) < 4.78 is 67.4. The van der Waals surface area contributed by atoms with Gasteiger partial charge in [0.2, 0.25) is 5.28 Å². The number of alkyl carbamates (subject to hydrolysis) is 1. The van der Waals surface area contributed by atoms with Gasteiger partial charge in [-0.3, -0.25) is 9.88 Å². The normalized spacial score (nSPS) is 14.4. The van der Waals surface area contributed by atoms with Crippen LogP contribution in [0.25, 0.3) is 0 Å². The van der Waals surface area contributed by atoms with E-state index in [9.17, 15) is 22.5 Å². The lowest BCUT2D eigenvalue weighted by Gasteiger charge is -2.38. The van der Waals surface area contributed by atoms with E-state index < -0.39 is 31.6 Å². The minimum absolute atomic E-state index is 0.265. The maximum Gasteiger partial charge on any atom is 0.423 e. The van der Waals surface area contributed by atoms with E-state index in [1.54, 1.807) is 35.6 Å². The molecule has 1 atom stereocenters. The third kappa shape index (κ3) is 4.62. The molecule has 1 aromatic rings. The topological polar surface area (TPSA) is 73.9 Å². The highest BCUT2D eigenvalue weighted by Gasteiger charge is 2.68. The highest BCUT2D eigenvalue weighted by molar-refractivity contribution is 7.55. The molecule has 0 saturated carbocycles. The van der Waals surface area contributed by atoms with Gasteiger partial charge in [0.15, 0.2) is 0 Å². The van der Waals surface area contributed by atoms with Crippen molar-refractivity contribution in [3.05, 3.63) is 48.6 Å². The number of carbonyl (C=O) groups is 1. The van der Waals surface area contributed by atoms with Gasteiger partial charge >= 0.3 is 19.9 Å². The predicted octanol–water partition coefficient (Wildman–Crippen LogP) is 4.23. The van der Waals surface area contributed by atoms with Crippen LogP contribution in [0.5, 0.6) is 0 Å². The first-order valence-corrected chi connectivity index (χ1v) is 8.58. The van der Waals surface area contributed by atoms with Crippen LogP contribution in [0.2, 0.25) is 0 Å². The highest BCUT2D eigenvalue weighted by Crippen LogP contribution is 2.65. The van der Waals surface area contributed by atoms with Crippen molar-refractivity contribution in [3.8, 4) is 0 Å².